The fourth-order valence-electron chi connectivity index (χ4n) is 8.57. The van der Waals surface area contributed by atoms with E-state index in [-0.39, 0.29) is 40.0 Å². The van der Waals surface area contributed by atoms with Gasteiger partial charge in [-0.15, -0.1) is 0 Å². The van der Waals surface area contributed by atoms with Gasteiger partial charge < -0.3 is 15.3 Å². The van der Waals surface area contributed by atoms with Crippen molar-refractivity contribution in [1.29, 1.82) is 0 Å². The summed E-state index contributed by atoms with van der Waals surface area (Å²) in [6, 6.07) is 4.89. The number of sulfone groups is 1. The summed E-state index contributed by atoms with van der Waals surface area (Å²) in [6.45, 7) is 0.557. The lowest BCUT2D eigenvalue weighted by Gasteiger charge is -2.27. The number of rotatable bonds is 15. The van der Waals surface area contributed by atoms with E-state index in [1.54, 1.807) is 0 Å². The van der Waals surface area contributed by atoms with Crippen molar-refractivity contribution < 1.29 is 75.4 Å². The number of halogens is 11. The summed E-state index contributed by atoms with van der Waals surface area (Å²) in [6.07, 6.45) is -10.4. The van der Waals surface area contributed by atoms with Crippen molar-refractivity contribution in [2.45, 2.75) is 94.2 Å². The summed E-state index contributed by atoms with van der Waals surface area (Å²) in [5.41, 5.74) is -7.20. The Morgan fingerprint density at radius 3 is 2.19 bits per heavy atom. The minimum absolute atomic E-state index is 0.196. The van der Waals surface area contributed by atoms with E-state index in [4.69, 9.17) is 11.6 Å². The normalized spacial score (nSPS) is 17.0. The number of anilines is 1. The van der Waals surface area contributed by atoms with Crippen molar-refractivity contribution in [3.8, 4) is 23.0 Å². The van der Waals surface area contributed by atoms with Crippen molar-refractivity contribution in [2.24, 2.45) is 5.92 Å². The van der Waals surface area contributed by atoms with E-state index in [1.807, 2.05) is 0 Å². The molecule has 0 spiro atoms. The van der Waals surface area contributed by atoms with Crippen LogP contribution in [0, 0.1) is 29.4 Å². The third-order valence-corrected chi connectivity index (χ3v) is 15.1. The van der Waals surface area contributed by atoms with Crippen molar-refractivity contribution in [3.05, 3.63) is 93.0 Å². The molecule has 0 aliphatic heterocycles. The predicted molar refractivity (Wildman–Crippen MR) is 244 cm³/mol. The molecule has 1 unspecified atom stereocenters. The number of carbonyl (C=O) groups excluding carboxylic acids is 2. The fourth-order valence-corrected chi connectivity index (χ4v) is 9.57. The Balaban J connectivity index is 1.46. The highest BCUT2D eigenvalue weighted by molar-refractivity contribution is 7.92. The molecule has 28 heteroatoms. The summed E-state index contributed by atoms with van der Waals surface area (Å²) in [5, 5.41) is 19.2. The highest BCUT2D eigenvalue weighted by atomic mass is 35.5. The minimum atomic E-state index is -5.22. The van der Waals surface area contributed by atoms with Crippen LogP contribution >= 0.6 is 11.6 Å². The zero-order chi connectivity index (χ0) is 54.3. The highest BCUT2D eigenvalue weighted by Gasteiger charge is 2.68. The number of likely N-dealkylation sites (N-methyl/N-ethyl adjacent to an activating group) is 1. The third kappa shape index (κ3) is 11.6. The number of alkyl halides is 8. The SMILES string of the molecule is CN(CC(C)(C)O)C(=O)CN(c1nn(CC(F)(F)F)c2c(-c3ccc(C#CC(C)(C)S(C)(=O)=O)nc3C(Cc3cc(F)cc(F)c3)NC(=O)Cn3nc(C(F)(F)F)c4c3C(F)(F)[C@@H]3C[C@H]43)ccc(Cl)c12)[SH](=O)=O. The molecular formula is C45H43ClF10N8O7S2. The first-order valence-corrected chi connectivity index (χ1v) is 25.1. The quantitative estimate of drug-likeness (QED) is 0.0568. The van der Waals surface area contributed by atoms with E-state index >= 15 is 8.78 Å². The lowest BCUT2D eigenvalue weighted by atomic mass is 9.93. The summed E-state index contributed by atoms with van der Waals surface area (Å²) >= 11 is 6.64. The lowest BCUT2D eigenvalue weighted by molar-refractivity contribution is -0.143. The number of carbonyl (C=O) groups is 2. The van der Waals surface area contributed by atoms with Crippen LogP contribution in [0.25, 0.3) is 22.0 Å². The van der Waals surface area contributed by atoms with Gasteiger partial charge in [0, 0.05) is 48.5 Å². The van der Waals surface area contributed by atoms with Crippen LogP contribution in [0.5, 0.6) is 0 Å². The first-order valence-electron chi connectivity index (χ1n) is 21.7. The number of pyridine rings is 1. The standard InChI is InChI=1S/C45H43ClF10N8O7S2/c1-41(2,67)20-61(5)33(66)19-64(72(68)69)40-35-30(46)10-9-27(37(35)63(60-40)21-43(49,50)51)26-8-7-25(11-12-42(3,4)73(6,70)71)57-36(26)31(15-22-13-23(47)16-24(48)14-22)58-32(65)18-62-39-34(38(59-62)45(54,55)56)28-17-29(28)44(39,52)53/h7-10,13-14,16,28-29,31,67,72H,15,17-21H2,1-6H3,(H,58,65)/t28-,29+,31?/m0/s1. The molecule has 2 aromatic carbocycles. The zero-order valence-electron chi connectivity index (χ0n) is 39.1. The van der Waals surface area contributed by atoms with Crippen molar-refractivity contribution in [1.82, 2.24) is 34.8 Å². The average Bonchev–Trinajstić information content (AvgIpc) is 3.74. The molecule has 2 aliphatic carbocycles. The number of nitrogens with zero attached hydrogens (tertiary/aromatic N) is 7. The van der Waals surface area contributed by atoms with E-state index in [9.17, 15) is 66.7 Å². The van der Waals surface area contributed by atoms with E-state index in [2.05, 4.69) is 32.3 Å². The zero-order valence-corrected chi connectivity index (χ0v) is 41.5. The Morgan fingerprint density at radius 1 is 0.986 bits per heavy atom. The Hall–Kier alpha value is -5.98. The second-order valence-electron chi connectivity index (χ2n) is 18.9. The van der Waals surface area contributed by atoms with Gasteiger partial charge in [-0.2, -0.15) is 45.3 Å². The molecule has 0 bridgehead atoms. The summed E-state index contributed by atoms with van der Waals surface area (Å²) in [5.74, 6) is -6.76. The highest BCUT2D eigenvalue weighted by Crippen LogP contribution is 2.68. The molecule has 7 rings (SSSR count). The van der Waals surface area contributed by atoms with Crippen molar-refractivity contribution in [2.75, 3.05) is 30.7 Å². The van der Waals surface area contributed by atoms with Crippen LogP contribution in [0.15, 0.2) is 42.5 Å². The maximum absolute atomic E-state index is 15.6. The lowest BCUT2D eigenvalue weighted by Crippen LogP contribution is -2.44. The molecule has 3 atom stereocenters. The smallest absolute Gasteiger partial charge is 0.389 e. The molecule has 73 heavy (non-hydrogen) atoms. The maximum atomic E-state index is 15.6. The van der Waals surface area contributed by atoms with E-state index < -0.39 is 161 Å². The Bertz CT molecular complexity index is 3290. The van der Waals surface area contributed by atoms with Gasteiger partial charge in [0.1, 0.15) is 47.4 Å². The minimum Gasteiger partial charge on any atom is -0.389 e. The molecule has 5 aromatic rings. The first-order chi connectivity index (χ1) is 33.5. The van der Waals surface area contributed by atoms with E-state index in [1.165, 1.54) is 40.8 Å². The first kappa shape index (κ1) is 54.8. The number of thiol groups is 1. The predicted octanol–water partition coefficient (Wildman–Crippen LogP) is 6.85. The number of fused-ring (bicyclic) bond motifs is 4. The van der Waals surface area contributed by atoms with Gasteiger partial charge in [-0.3, -0.25) is 19.0 Å². The molecule has 2 aliphatic rings. The number of nitrogens with one attached hydrogen (secondary N) is 1. The molecule has 2 amide bonds. The van der Waals surface area contributed by atoms with Gasteiger partial charge in [-0.25, -0.2) is 34.9 Å². The topological polar surface area (TPSA) is 190 Å². The van der Waals surface area contributed by atoms with Crippen LogP contribution in [0.4, 0.5) is 49.7 Å². The fraction of sp³-hybridized carbons (Fsp3) is 0.444. The summed E-state index contributed by atoms with van der Waals surface area (Å²) < 4.78 is 197. The largest absolute Gasteiger partial charge is 0.435 e. The average molecular weight is 1100 g/mol. The molecule has 3 heterocycles. The van der Waals surface area contributed by atoms with Gasteiger partial charge in [0.25, 0.3) is 5.92 Å². The van der Waals surface area contributed by atoms with Gasteiger partial charge in [0.2, 0.25) is 22.7 Å². The monoisotopic (exact) mass is 1100 g/mol. The van der Waals surface area contributed by atoms with Crippen LogP contribution in [0.3, 0.4) is 0 Å². The van der Waals surface area contributed by atoms with Crippen LogP contribution < -0.4 is 9.62 Å². The van der Waals surface area contributed by atoms with Crippen LogP contribution in [0.2, 0.25) is 5.02 Å². The Morgan fingerprint density at radius 2 is 1.62 bits per heavy atom. The molecule has 394 valence electrons. The molecule has 0 saturated heterocycles. The number of hydrogen-bond donors (Lipinski definition) is 3. The maximum Gasteiger partial charge on any atom is 0.435 e. The second-order valence-corrected chi connectivity index (χ2v) is 22.8. The van der Waals surface area contributed by atoms with Crippen LogP contribution in [-0.4, -0.2) is 106 Å². The number of amides is 2. The van der Waals surface area contributed by atoms with Gasteiger partial charge in [0.15, 0.2) is 21.3 Å². The summed E-state index contributed by atoms with van der Waals surface area (Å²) in [7, 11) is -6.59. The van der Waals surface area contributed by atoms with Gasteiger partial charge >= 0.3 is 12.4 Å². The number of aromatic nitrogens is 5. The molecule has 2 N–H and O–H groups in total. The van der Waals surface area contributed by atoms with Crippen molar-refractivity contribution >= 4 is 60.9 Å². The molecular weight excluding hydrogens is 1050 g/mol. The van der Waals surface area contributed by atoms with Crippen LogP contribution in [-0.2, 0) is 61.9 Å². The number of hydrogen-bond acceptors (Lipinski definition) is 10. The molecule has 15 nitrogen and oxygen atoms in total. The second kappa shape index (κ2) is 19.1. The Kier molecular flexibility index (Phi) is 14.3. The van der Waals surface area contributed by atoms with E-state index in [0.29, 0.717) is 15.1 Å². The number of benzene rings is 2. The molecule has 0 radical (unpaired) electrons. The van der Waals surface area contributed by atoms with Crippen LogP contribution in [0.1, 0.15) is 80.0 Å². The van der Waals surface area contributed by atoms with E-state index in [0.717, 1.165) is 41.5 Å². The third-order valence-electron chi connectivity index (χ3n) is 12.1. The van der Waals surface area contributed by atoms with Gasteiger partial charge in [-0.1, -0.05) is 23.6 Å². The molecule has 1 fully saturated rings. The molecule has 3 aromatic heterocycles. The number of aliphatic hydroxyl groups is 1. The van der Waals surface area contributed by atoms with Gasteiger partial charge in [-0.05, 0) is 88.3 Å². The van der Waals surface area contributed by atoms with Crippen molar-refractivity contribution in [3.63, 3.8) is 0 Å². The molecule has 1 saturated carbocycles. The summed E-state index contributed by atoms with van der Waals surface area (Å²) in [4.78, 5) is 33.0. The van der Waals surface area contributed by atoms with Gasteiger partial charge in [0.05, 0.1) is 33.3 Å². The Labute approximate surface area is 416 Å².